The molecule has 1 fully saturated rings. The minimum absolute atomic E-state index is 0.00854. The Kier molecular flexibility index (Phi) is 20.4. The highest BCUT2D eigenvalue weighted by atomic mass is 19.4. The molecular formula is C36H52F10N2O6. The number of alkyl halides is 10. The first-order valence-electron chi connectivity index (χ1n) is 18.3. The van der Waals surface area contributed by atoms with E-state index in [1.807, 2.05) is 13.0 Å². The van der Waals surface area contributed by atoms with Gasteiger partial charge in [0.25, 0.3) is 0 Å². The van der Waals surface area contributed by atoms with Gasteiger partial charge in [0.1, 0.15) is 13.2 Å². The first-order valence-corrected chi connectivity index (χ1v) is 18.3. The third-order valence-corrected chi connectivity index (χ3v) is 8.65. The van der Waals surface area contributed by atoms with Crippen LogP contribution in [-0.2, 0) is 37.0 Å². The predicted molar refractivity (Wildman–Crippen MR) is 178 cm³/mol. The molecule has 0 saturated carbocycles. The summed E-state index contributed by atoms with van der Waals surface area (Å²) in [5.41, 5.74) is 2.20. The number of amides is 1. The van der Waals surface area contributed by atoms with E-state index in [0.717, 1.165) is 38.0 Å². The average Bonchev–Trinajstić information content (AvgIpc) is 3.60. The minimum atomic E-state index is -5.61. The number of aryl methyl sites for hydroxylation is 1. The molecular weight excluding hydrogens is 746 g/mol. The van der Waals surface area contributed by atoms with E-state index in [9.17, 15) is 53.5 Å². The number of likely N-dealkylation sites (tertiary alicyclic amines) is 1. The molecule has 8 nitrogen and oxygen atoms in total. The number of hydrogen-bond acceptors (Lipinski definition) is 7. The normalized spacial score (nSPS) is 14.5. The van der Waals surface area contributed by atoms with Crippen molar-refractivity contribution in [3.63, 3.8) is 0 Å². The van der Waals surface area contributed by atoms with Crippen LogP contribution in [0.2, 0.25) is 0 Å². The molecule has 1 aromatic carbocycles. The van der Waals surface area contributed by atoms with E-state index in [4.69, 9.17) is 18.9 Å². The number of ether oxygens (including phenoxy) is 4. The lowest BCUT2D eigenvalue weighted by Crippen LogP contribution is -2.36. The standard InChI is InChI=1S/C36H52F10N2O6/c1-27-22-28(24-29(23-27)26-54-32(50)47-16-19-48-17-8-9-18-48)25-53-30(49)12-13-31(51-20-10-4-2-6-14-33(37,38)35(41,42)43)52-21-11-5-3-7-15-34(39,40)36(44,45)46/h22-24,31H,2-21,25-26H2,1H3,(H,47,50). The number of carbonyl (C=O) groups is 2. The molecule has 1 amide bonds. The molecule has 1 saturated heterocycles. The maximum absolute atomic E-state index is 13.1. The van der Waals surface area contributed by atoms with Crippen LogP contribution in [0.3, 0.4) is 0 Å². The maximum Gasteiger partial charge on any atom is 0.453 e. The SMILES string of the molecule is Cc1cc(COC(=O)CCC(OCCCCCCC(F)(F)C(F)(F)F)OCCCCCCC(F)(F)C(F)(F)F)cc(COC(=O)NCCN2CCCC2)c1. The fourth-order valence-corrected chi connectivity index (χ4v) is 5.64. The Morgan fingerprint density at radius 3 is 1.69 bits per heavy atom. The van der Waals surface area contributed by atoms with Gasteiger partial charge in [-0.1, -0.05) is 43.4 Å². The van der Waals surface area contributed by atoms with E-state index >= 15 is 0 Å². The molecule has 54 heavy (non-hydrogen) atoms. The summed E-state index contributed by atoms with van der Waals surface area (Å²) in [6.07, 6.45) is -12.5. The molecule has 2 rings (SSSR count). The summed E-state index contributed by atoms with van der Waals surface area (Å²) >= 11 is 0. The Labute approximate surface area is 309 Å². The second kappa shape index (κ2) is 23.3. The topological polar surface area (TPSA) is 86.3 Å². The van der Waals surface area contributed by atoms with Gasteiger partial charge in [-0.2, -0.15) is 43.9 Å². The molecule has 1 aromatic rings. The molecule has 0 aromatic heterocycles. The first-order chi connectivity index (χ1) is 25.3. The molecule has 18 heteroatoms. The van der Waals surface area contributed by atoms with Crippen LogP contribution in [-0.4, -0.2) is 86.8 Å². The van der Waals surface area contributed by atoms with Crippen molar-refractivity contribution in [2.75, 3.05) is 39.4 Å². The molecule has 1 aliphatic heterocycles. The zero-order chi connectivity index (χ0) is 40.3. The van der Waals surface area contributed by atoms with Crippen LogP contribution in [0.25, 0.3) is 0 Å². The van der Waals surface area contributed by atoms with Crippen molar-refractivity contribution in [2.45, 2.75) is 141 Å². The van der Waals surface area contributed by atoms with Crippen LogP contribution in [0.4, 0.5) is 48.7 Å². The molecule has 1 heterocycles. The van der Waals surface area contributed by atoms with Gasteiger partial charge < -0.3 is 29.2 Å². The van der Waals surface area contributed by atoms with Gasteiger partial charge in [-0.15, -0.1) is 0 Å². The zero-order valence-corrected chi connectivity index (χ0v) is 30.5. The number of carbonyl (C=O) groups excluding carboxylic acids is 2. The number of nitrogens with zero attached hydrogens (tertiary/aromatic N) is 1. The van der Waals surface area contributed by atoms with Crippen LogP contribution < -0.4 is 5.32 Å². The molecule has 1 aliphatic rings. The van der Waals surface area contributed by atoms with Crippen molar-refractivity contribution < 1.29 is 72.4 Å². The summed E-state index contributed by atoms with van der Waals surface area (Å²) in [5.74, 6) is -10.1. The largest absolute Gasteiger partial charge is 0.461 e. The van der Waals surface area contributed by atoms with Gasteiger partial charge in [0, 0.05) is 45.6 Å². The van der Waals surface area contributed by atoms with Crippen molar-refractivity contribution in [3.8, 4) is 0 Å². The lowest BCUT2D eigenvalue weighted by molar-refractivity contribution is -0.284. The monoisotopic (exact) mass is 798 g/mol. The van der Waals surface area contributed by atoms with Gasteiger partial charge in [0.05, 0.1) is 6.42 Å². The maximum atomic E-state index is 13.1. The van der Waals surface area contributed by atoms with Crippen LogP contribution in [0.15, 0.2) is 18.2 Å². The average molecular weight is 799 g/mol. The van der Waals surface area contributed by atoms with E-state index < -0.39 is 55.4 Å². The quantitative estimate of drug-likeness (QED) is 0.0433. The first kappa shape index (κ1) is 47.3. The molecule has 0 radical (unpaired) electrons. The Morgan fingerprint density at radius 2 is 1.19 bits per heavy atom. The Bertz CT molecular complexity index is 1200. The molecule has 312 valence electrons. The number of rotatable bonds is 26. The summed E-state index contributed by atoms with van der Waals surface area (Å²) in [6.45, 7) is 5.08. The van der Waals surface area contributed by atoms with Gasteiger partial charge >= 0.3 is 36.3 Å². The summed E-state index contributed by atoms with van der Waals surface area (Å²) < 4.78 is 148. The van der Waals surface area contributed by atoms with Gasteiger partial charge in [-0.05, 0) is 75.7 Å². The van der Waals surface area contributed by atoms with Crippen molar-refractivity contribution in [1.82, 2.24) is 10.2 Å². The van der Waals surface area contributed by atoms with Gasteiger partial charge in [0.2, 0.25) is 0 Å². The number of halogens is 10. The van der Waals surface area contributed by atoms with E-state index in [1.54, 1.807) is 12.1 Å². The van der Waals surface area contributed by atoms with Crippen molar-refractivity contribution in [3.05, 3.63) is 34.9 Å². The van der Waals surface area contributed by atoms with Crippen LogP contribution >= 0.6 is 0 Å². The molecule has 0 unspecified atom stereocenters. The van der Waals surface area contributed by atoms with Crippen molar-refractivity contribution >= 4 is 12.1 Å². The zero-order valence-electron chi connectivity index (χ0n) is 30.5. The van der Waals surface area contributed by atoms with Gasteiger partial charge in [-0.25, -0.2) is 4.79 Å². The van der Waals surface area contributed by atoms with E-state index in [1.165, 1.54) is 0 Å². The van der Waals surface area contributed by atoms with Crippen molar-refractivity contribution in [1.29, 1.82) is 0 Å². The third-order valence-electron chi connectivity index (χ3n) is 8.65. The smallest absolute Gasteiger partial charge is 0.453 e. The Hall–Kier alpha value is -2.86. The summed E-state index contributed by atoms with van der Waals surface area (Å²) in [5, 5.41) is 2.73. The summed E-state index contributed by atoms with van der Waals surface area (Å²) in [4.78, 5) is 27.0. The molecule has 1 N–H and O–H groups in total. The third kappa shape index (κ3) is 19.1. The number of hydrogen-bond donors (Lipinski definition) is 1. The number of unbranched alkanes of at least 4 members (excludes halogenated alkanes) is 6. The number of benzene rings is 1. The fraction of sp³-hybridized carbons (Fsp3) is 0.778. The van der Waals surface area contributed by atoms with Crippen molar-refractivity contribution in [2.24, 2.45) is 0 Å². The Balaban J connectivity index is 1.78. The Morgan fingerprint density at radius 1 is 0.704 bits per heavy atom. The molecule has 0 spiro atoms. The van der Waals surface area contributed by atoms with Crippen LogP contribution in [0, 0.1) is 6.92 Å². The summed E-state index contributed by atoms with van der Waals surface area (Å²) in [7, 11) is 0. The van der Waals surface area contributed by atoms with Crippen LogP contribution in [0.1, 0.15) is 107 Å². The predicted octanol–water partition coefficient (Wildman–Crippen LogP) is 9.80. The van der Waals surface area contributed by atoms with E-state index in [-0.39, 0.29) is 77.8 Å². The van der Waals surface area contributed by atoms with Crippen LogP contribution in [0.5, 0.6) is 0 Å². The van der Waals surface area contributed by atoms with E-state index in [2.05, 4.69) is 10.2 Å². The second-order valence-electron chi connectivity index (χ2n) is 13.5. The highest BCUT2D eigenvalue weighted by Gasteiger charge is 2.57. The number of nitrogens with one attached hydrogen (secondary N) is 1. The highest BCUT2D eigenvalue weighted by molar-refractivity contribution is 5.69. The second-order valence-corrected chi connectivity index (χ2v) is 13.5. The molecule has 0 aliphatic carbocycles. The number of esters is 1. The molecule has 0 atom stereocenters. The highest BCUT2D eigenvalue weighted by Crippen LogP contribution is 2.40. The molecule has 0 bridgehead atoms. The summed E-state index contributed by atoms with van der Waals surface area (Å²) in [6, 6.07) is 5.37. The number of alkyl carbamates (subject to hydrolysis) is 1. The fourth-order valence-electron chi connectivity index (χ4n) is 5.64. The van der Waals surface area contributed by atoms with E-state index in [0.29, 0.717) is 30.5 Å². The minimum Gasteiger partial charge on any atom is -0.461 e. The van der Waals surface area contributed by atoms with Gasteiger partial charge in [0.15, 0.2) is 6.29 Å². The van der Waals surface area contributed by atoms with Gasteiger partial charge in [-0.3, -0.25) is 4.79 Å². The lowest BCUT2D eigenvalue weighted by Gasteiger charge is -2.20. The lowest BCUT2D eigenvalue weighted by atomic mass is 10.1.